The van der Waals surface area contributed by atoms with Gasteiger partial charge in [0.2, 0.25) is 0 Å². The third-order valence-corrected chi connectivity index (χ3v) is 7.37. The molecule has 1 aliphatic heterocycles. The highest BCUT2D eigenvalue weighted by Crippen LogP contribution is 2.51. The lowest BCUT2D eigenvalue weighted by Crippen LogP contribution is -2.15. The van der Waals surface area contributed by atoms with Crippen LogP contribution in [0, 0.1) is 0 Å². The molecule has 0 radical (unpaired) electrons. The van der Waals surface area contributed by atoms with Crippen LogP contribution in [0.4, 0.5) is 17.1 Å². The van der Waals surface area contributed by atoms with Gasteiger partial charge >= 0.3 is 0 Å². The van der Waals surface area contributed by atoms with E-state index in [-0.39, 0.29) is 0 Å². The number of nitrogens with zero attached hydrogens (tertiary/aromatic N) is 1. The summed E-state index contributed by atoms with van der Waals surface area (Å²) in [6.07, 6.45) is 0. The Bertz CT molecular complexity index is 1970. The zero-order chi connectivity index (χ0) is 24.3. The van der Waals surface area contributed by atoms with Crippen LogP contribution in [0.3, 0.4) is 0 Å². The number of hydrogen-bond donors (Lipinski definition) is 1. The summed E-state index contributed by atoms with van der Waals surface area (Å²) in [6.45, 7) is 0. The quantitative estimate of drug-likeness (QED) is 0.270. The minimum Gasteiger partial charge on any atom is -0.453 e. The summed E-state index contributed by atoms with van der Waals surface area (Å²) in [5.74, 6) is 1.71. The molecular formula is C34H22N2O. The van der Waals surface area contributed by atoms with Crippen LogP contribution >= 0.6 is 0 Å². The molecule has 0 aliphatic carbocycles. The fourth-order valence-corrected chi connectivity index (χ4v) is 5.71. The SMILES string of the molecule is c1ccc(N2c3ccccc3Oc3ccc(-c4cccc5c4[nH]c4ccc6ccccc6c45)cc32)cc1. The zero-order valence-electron chi connectivity index (χ0n) is 20.0. The number of benzene rings is 6. The maximum Gasteiger partial charge on any atom is 0.151 e. The van der Waals surface area contributed by atoms with Crippen LogP contribution in [0.1, 0.15) is 0 Å². The van der Waals surface area contributed by atoms with E-state index in [1.165, 1.54) is 27.1 Å². The molecule has 37 heavy (non-hydrogen) atoms. The highest BCUT2D eigenvalue weighted by molar-refractivity contribution is 6.22. The van der Waals surface area contributed by atoms with Crippen LogP contribution in [-0.4, -0.2) is 4.98 Å². The lowest BCUT2D eigenvalue weighted by atomic mass is 9.98. The Morgan fingerprint density at radius 3 is 2.30 bits per heavy atom. The second kappa shape index (κ2) is 7.74. The van der Waals surface area contributed by atoms with Gasteiger partial charge in [-0.1, -0.05) is 84.9 Å². The Balaban J connectivity index is 1.36. The van der Waals surface area contributed by atoms with E-state index in [2.05, 4.69) is 119 Å². The maximum absolute atomic E-state index is 6.35. The second-order valence-electron chi connectivity index (χ2n) is 9.49. The van der Waals surface area contributed by atoms with Crippen molar-refractivity contribution >= 4 is 49.6 Å². The second-order valence-corrected chi connectivity index (χ2v) is 9.49. The van der Waals surface area contributed by atoms with Gasteiger partial charge in [-0.05, 0) is 58.8 Å². The molecule has 0 bridgehead atoms. The third-order valence-electron chi connectivity index (χ3n) is 7.37. The molecule has 3 nitrogen and oxygen atoms in total. The van der Waals surface area contributed by atoms with E-state index < -0.39 is 0 Å². The average molecular weight is 475 g/mol. The first-order valence-corrected chi connectivity index (χ1v) is 12.5. The Kier molecular flexibility index (Phi) is 4.23. The van der Waals surface area contributed by atoms with Crippen molar-refractivity contribution in [1.29, 1.82) is 0 Å². The van der Waals surface area contributed by atoms with Crippen LogP contribution in [0.25, 0.3) is 43.7 Å². The van der Waals surface area contributed by atoms with Crippen molar-refractivity contribution in [3.8, 4) is 22.6 Å². The number of anilines is 3. The number of rotatable bonds is 2. The van der Waals surface area contributed by atoms with Crippen LogP contribution < -0.4 is 9.64 Å². The van der Waals surface area contributed by atoms with Crippen LogP contribution in [-0.2, 0) is 0 Å². The summed E-state index contributed by atoms with van der Waals surface area (Å²) in [5, 5.41) is 5.04. The van der Waals surface area contributed by atoms with Gasteiger partial charge in [0.25, 0.3) is 0 Å². The molecule has 1 aliphatic rings. The van der Waals surface area contributed by atoms with Gasteiger partial charge in [0, 0.05) is 27.5 Å². The van der Waals surface area contributed by atoms with E-state index in [1.807, 2.05) is 18.2 Å². The van der Waals surface area contributed by atoms with Crippen molar-refractivity contribution in [3.63, 3.8) is 0 Å². The van der Waals surface area contributed by atoms with Gasteiger partial charge in [-0.3, -0.25) is 0 Å². The van der Waals surface area contributed by atoms with E-state index in [0.717, 1.165) is 45.2 Å². The maximum atomic E-state index is 6.35. The van der Waals surface area contributed by atoms with Crippen molar-refractivity contribution < 1.29 is 4.74 Å². The topological polar surface area (TPSA) is 28.3 Å². The molecule has 6 aromatic carbocycles. The lowest BCUT2D eigenvalue weighted by molar-refractivity contribution is 0.477. The highest BCUT2D eigenvalue weighted by Gasteiger charge is 2.26. The Morgan fingerprint density at radius 2 is 1.35 bits per heavy atom. The number of H-pyrrole nitrogens is 1. The third kappa shape index (κ3) is 3.01. The zero-order valence-corrected chi connectivity index (χ0v) is 20.0. The fourth-order valence-electron chi connectivity index (χ4n) is 5.71. The summed E-state index contributed by atoms with van der Waals surface area (Å²) in [6, 6.07) is 44.8. The Morgan fingerprint density at radius 1 is 0.568 bits per heavy atom. The molecular weight excluding hydrogens is 452 g/mol. The Hall–Kier alpha value is -5.02. The number of ether oxygens (including phenoxy) is 1. The first-order chi connectivity index (χ1) is 18.3. The monoisotopic (exact) mass is 474 g/mol. The number of aromatic nitrogens is 1. The first kappa shape index (κ1) is 20.2. The largest absolute Gasteiger partial charge is 0.453 e. The molecule has 0 atom stereocenters. The molecule has 2 heterocycles. The lowest BCUT2D eigenvalue weighted by Gasteiger charge is -2.33. The van der Waals surface area contributed by atoms with Gasteiger partial charge in [0.1, 0.15) is 0 Å². The molecule has 8 rings (SSSR count). The molecule has 1 aromatic heterocycles. The van der Waals surface area contributed by atoms with E-state index in [4.69, 9.17) is 4.74 Å². The van der Waals surface area contributed by atoms with E-state index in [0.29, 0.717) is 0 Å². The van der Waals surface area contributed by atoms with Gasteiger partial charge in [-0.2, -0.15) is 0 Å². The molecule has 0 unspecified atom stereocenters. The van der Waals surface area contributed by atoms with Gasteiger partial charge in [0.05, 0.1) is 16.9 Å². The normalized spacial score (nSPS) is 12.5. The number of nitrogens with one attached hydrogen (secondary N) is 1. The van der Waals surface area contributed by atoms with E-state index >= 15 is 0 Å². The fraction of sp³-hybridized carbons (Fsp3) is 0. The van der Waals surface area contributed by atoms with E-state index in [1.54, 1.807) is 0 Å². The van der Waals surface area contributed by atoms with Crippen LogP contribution in [0.15, 0.2) is 127 Å². The molecule has 0 saturated heterocycles. The van der Waals surface area contributed by atoms with Crippen molar-refractivity contribution in [2.24, 2.45) is 0 Å². The predicted molar refractivity (Wildman–Crippen MR) is 154 cm³/mol. The van der Waals surface area contributed by atoms with Crippen molar-refractivity contribution in [2.75, 3.05) is 4.90 Å². The Labute approximate surface area is 214 Å². The summed E-state index contributed by atoms with van der Waals surface area (Å²) < 4.78 is 6.35. The molecule has 1 N–H and O–H groups in total. The average Bonchev–Trinajstić information content (AvgIpc) is 3.35. The van der Waals surface area contributed by atoms with E-state index in [9.17, 15) is 0 Å². The summed E-state index contributed by atoms with van der Waals surface area (Å²) in [4.78, 5) is 6.02. The van der Waals surface area contributed by atoms with Gasteiger partial charge in [0.15, 0.2) is 11.5 Å². The van der Waals surface area contributed by atoms with Crippen LogP contribution in [0.2, 0.25) is 0 Å². The number of hydrogen-bond acceptors (Lipinski definition) is 2. The van der Waals surface area contributed by atoms with Crippen molar-refractivity contribution in [3.05, 3.63) is 127 Å². The summed E-state index contributed by atoms with van der Waals surface area (Å²) in [7, 11) is 0. The van der Waals surface area contributed by atoms with Crippen molar-refractivity contribution in [1.82, 2.24) is 4.98 Å². The standard InChI is InChI=1S/C34H22N2O/c1-2-10-24(11-3-1)36-29-15-6-7-16-31(29)37-32-20-18-23(21-30(32)36)26-13-8-14-27-33-25-12-5-4-9-22(25)17-19-28(33)35-34(26)27/h1-21,35H. The van der Waals surface area contributed by atoms with Crippen molar-refractivity contribution in [2.45, 2.75) is 0 Å². The number of aromatic amines is 1. The molecule has 0 saturated carbocycles. The predicted octanol–water partition coefficient (Wildman–Crippen LogP) is 9.72. The number of para-hydroxylation sites is 4. The first-order valence-electron chi connectivity index (χ1n) is 12.5. The molecule has 3 heteroatoms. The summed E-state index contributed by atoms with van der Waals surface area (Å²) >= 11 is 0. The van der Waals surface area contributed by atoms with Crippen LogP contribution in [0.5, 0.6) is 11.5 Å². The smallest absolute Gasteiger partial charge is 0.151 e. The minimum absolute atomic E-state index is 0.848. The van der Waals surface area contributed by atoms with Gasteiger partial charge in [-0.25, -0.2) is 0 Å². The van der Waals surface area contributed by atoms with Gasteiger partial charge in [-0.15, -0.1) is 0 Å². The summed E-state index contributed by atoms with van der Waals surface area (Å²) in [5.41, 5.74) is 7.79. The molecule has 0 fully saturated rings. The molecule has 0 spiro atoms. The minimum atomic E-state index is 0.848. The molecule has 7 aromatic rings. The molecule has 174 valence electrons. The van der Waals surface area contributed by atoms with Gasteiger partial charge < -0.3 is 14.6 Å². The highest BCUT2D eigenvalue weighted by atomic mass is 16.5. The molecule has 0 amide bonds. The number of fused-ring (bicyclic) bond motifs is 7.